The zero-order valence-corrected chi connectivity index (χ0v) is 8.86. The van der Waals surface area contributed by atoms with Crippen LogP contribution in [0.25, 0.3) is 0 Å². The van der Waals surface area contributed by atoms with Crippen LogP contribution < -0.4 is 20.9 Å². The number of methoxy groups -OCH3 is 1. The lowest BCUT2D eigenvalue weighted by Gasteiger charge is -2.09. The van der Waals surface area contributed by atoms with Crippen LogP contribution in [0, 0.1) is 0 Å². The number of rotatable bonds is 3. The number of nitrogens with zero attached hydrogens (tertiary/aromatic N) is 2. The van der Waals surface area contributed by atoms with Gasteiger partial charge in [-0.05, 0) is 6.42 Å². The number of ether oxygens (including phenoxy) is 1. The molecule has 3 N–H and O–H groups in total. The fourth-order valence-corrected chi connectivity index (χ4v) is 1.41. The topological polar surface area (TPSA) is 88.2 Å². The Kier molecular flexibility index (Phi) is 3.28. The molecule has 0 saturated carbocycles. The van der Waals surface area contributed by atoms with Crippen LogP contribution in [0.3, 0.4) is 0 Å². The molecular weight excluding hydrogens is 210 g/mol. The van der Waals surface area contributed by atoms with Crippen molar-refractivity contribution in [3.63, 3.8) is 0 Å². The van der Waals surface area contributed by atoms with Gasteiger partial charge in [0.2, 0.25) is 11.8 Å². The number of hydrazine groups is 1. The number of carbonyl (C=O) groups is 1. The minimum atomic E-state index is -0.221. The van der Waals surface area contributed by atoms with E-state index in [2.05, 4.69) is 26.1 Å². The van der Waals surface area contributed by atoms with E-state index in [-0.39, 0.29) is 11.9 Å². The normalized spacial score (nSPS) is 19.4. The molecule has 0 aliphatic carbocycles. The number of carbonyl (C=O) groups excluding carboxylic acids is 1. The van der Waals surface area contributed by atoms with Crippen molar-refractivity contribution in [2.24, 2.45) is 0 Å². The molecule has 1 atom stereocenters. The Bertz CT molecular complexity index is 378. The second-order valence-electron chi connectivity index (χ2n) is 3.35. The van der Waals surface area contributed by atoms with Gasteiger partial charge in [0.25, 0.3) is 0 Å². The number of hydrogen-bond donors (Lipinski definition) is 3. The molecule has 7 heteroatoms. The van der Waals surface area contributed by atoms with E-state index >= 15 is 0 Å². The number of amides is 1. The Morgan fingerprint density at radius 1 is 1.62 bits per heavy atom. The van der Waals surface area contributed by atoms with Crippen LogP contribution in [0.1, 0.15) is 6.42 Å². The maximum absolute atomic E-state index is 11.7. The van der Waals surface area contributed by atoms with E-state index in [0.717, 1.165) is 13.0 Å². The first-order valence-corrected chi connectivity index (χ1v) is 4.95. The molecular formula is C9H13N5O2. The van der Waals surface area contributed by atoms with Crippen LogP contribution >= 0.6 is 0 Å². The molecule has 1 unspecified atom stereocenters. The molecule has 2 heterocycles. The van der Waals surface area contributed by atoms with Crippen LogP contribution in [0.15, 0.2) is 12.4 Å². The molecule has 1 amide bonds. The SMILES string of the molecule is COc1cc(NC(=O)C2CCNN2)ncn1. The highest BCUT2D eigenvalue weighted by atomic mass is 16.5. The monoisotopic (exact) mass is 223 g/mol. The third-order valence-electron chi connectivity index (χ3n) is 2.25. The molecule has 16 heavy (non-hydrogen) atoms. The van der Waals surface area contributed by atoms with Crippen molar-refractivity contribution in [1.29, 1.82) is 0 Å². The fourth-order valence-electron chi connectivity index (χ4n) is 1.41. The first-order chi connectivity index (χ1) is 7.79. The Hall–Kier alpha value is -1.73. The van der Waals surface area contributed by atoms with Gasteiger partial charge in [-0.2, -0.15) is 0 Å². The molecule has 1 aliphatic heterocycles. The van der Waals surface area contributed by atoms with Gasteiger partial charge in [-0.25, -0.2) is 15.4 Å². The lowest BCUT2D eigenvalue weighted by molar-refractivity contribution is -0.117. The minimum Gasteiger partial charge on any atom is -0.481 e. The van der Waals surface area contributed by atoms with Gasteiger partial charge in [-0.3, -0.25) is 10.2 Å². The van der Waals surface area contributed by atoms with Gasteiger partial charge in [-0.1, -0.05) is 0 Å². The van der Waals surface area contributed by atoms with Crippen LogP contribution in [0.2, 0.25) is 0 Å². The summed E-state index contributed by atoms with van der Waals surface area (Å²) in [5, 5.41) is 2.69. The largest absolute Gasteiger partial charge is 0.481 e. The van der Waals surface area contributed by atoms with E-state index in [1.807, 2.05) is 0 Å². The van der Waals surface area contributed by atoms with Gasteiger partial charge in [0, 0.05) is 12.6 Å². The van der Waals surface area contributed by atoms with Crippen LogP contribution in [0.5, 0.6) is 5.88 Å². The molecule has 0 radical (unpaired) electrons. The number of aromatic nitrogens is 2. The van der Waals surface area contributed by atoms with Gasteiger partial charge in [0.05, 0.1) is 7.11 Å². The summed E-state index contributed by atoms with van der Waals surface area (Å²) in [5.74, 6) is 0.735. The van der Waals surface area contributed by atoms with Gasteiger partial charge < -0.3 is 10.1 Å². The van der Waals surface area contributed by atoms with Crippen LogP contribution in [-0.2, 0) is 4.79 Å². The summed E-state index contributed by atoms with van der Waals surface area (Å²) in [6.45, 7) is 0.783. The molecule has 0 aromatic carbocycles. The third kappa shape index (κ3) is 2.44. The smallest absolute Gasteiger partial charge is 0.244 e. The summed E-state index contributed by atoms with van der Waals surface area (Å²) in [4.78, 5) is 19.5. The molecule has 0 bridgehead atoms. The molecule has 1 aromatic rings. The maximum atomic E-state index is 11.7. The number of hydrogen-bond acceptors (Lipinski definition) is 6. The highest BCUT2D eigenvalue weighted by Crippen LogP contribution is 2.10. The summed E-state index contributed by atoms with van der Waals surface area (Å²) in [6.07, 6.45) is 2.10. The van der Waals surface area contributed by atoms with Crippen molar-refractivity contribution in [2.45, 2.75) is 12.5 Å². The molecule has 1 aliphatic rings. The molecule has 2 rings (SSSR count). The first kappa shape index (κ1) is 10.8. The first-order valence-electron chi connectivity index (χ1n) is 4.95. The van der Waals surface area contributed by atoms with E-state index in [9.17, 15) is 4.79 Å². The van der Waals surface area contributed by atoms with E-state index in [1.165, 1.54) is 13.4 Å². The predicted molar refractivity (Wildman–Crippen MR) is 56.8 cm³/mol. The summed E-state index contributed by atoms with van der Waals surface area (Å²) in [5.41, 5.74) is 5.76. The van der Waals surface area contributed by atoms with Crippen molar-refractivity contribution in [2.75, 3.05) is 19.0 Å². The molecule has 7 nitrogen and oxygen atoms in total. The maximum Gasteiger partial charge on any atom is 0.244 e. The Balaban J connectivity index is 1.99. The molecule has 0 spiro atoms. The lowest BCUT2D eigenvalue weighted by atomic mass is 10.2. The highest BCUT2D eigenvalue weighted by molar-refractivity contribution is 5.94. The summed E-state index contributed by atoms with van der Waals surface area (Å²) < 4.78 is 4.93. The van der Waals surface area contributed by atoms with Crippen molar-refractivity contribution in [3.8, 4) is 5.88 Å². The van der Waals surface area contributed by atoms with Crippen molar-refractivity contribution >= 4 is 11.7 Å². The summed E-state index contributed by atoms with van der Waals surface area (Å²) in [6, 6.07) is 1.35. The molecule has 86 valence electrons. The van der Waals surface area contributed by atoms with Crippen molar-refractivity contribution in [3.05, 3.63) is 12.4 Å². The molecule has 1 saturated heterocycles. The minimum absolute atomic E-state index is 0.120. The second kappa shape index (κ2) is 4.86. The zero-order valence-electron chi connectivity index (χ0n) is 8.86. The average molecular weight is 223 g/mol. The fraction of sp³-hybridized carbons (Fsp3) is 0.444. The van der Waals surface area contributed by atoms with Gasteiger partial charge in [0.1, 0.15) is 18.2 Å². The second-order valence-corrected chi connectivity index (χ2v) is 3.35. The van der Waals surface area contributed by atoms with Gasteiger partial charge in [-0.15, -0.1) is 0 Å². The highest BCUT2D eigenvalue weighted by Gasteiger charge is 2.22. The summed E-state index contributed by atoms with van der Waals surface area (Å²) >= 11 is 0. The van der Waals surface area contributed by atoms with Gasteiger partial charge >= 0.3 is 0 Å². The average Bonchev–Trinajstić information content (AvgIpc) is 2.83. The van der Waals surface area contributed by atoms with Crippen molar-refractivity contribution < 1.29 is 9.53 Å². The number of anilines is 1. The third-order valence-corrected chi connectivity index (χ3v) is 2.25. The Labute approximate surface area is 92.6 Å². The van der Waals surface area contributed by atoms with Crippen LogP contribution in [0.4, 0.5) is 5.82 Å². The van der Waals surface area contributed by atoms with E-state index in [4.69, 9.17) is 4.74 Å². The Morgan fingerprint density at radius 3 is 3.19 bits per heavy atom. The Morgan fingerprint density at radius 2 is 2.50 bits per heavy atom. The standard InChI is InChI=1S/C9H13N5O2/c1-16-8-4-7(10-5-11-8)13-9(15)6-2-3-12-14-6/h4-6,12,14H,2-3H2,1H3,(H,10,11,13,15). The summed E-state index contributed by atoms with van der Waals surface area (Å²) in [7, 11) is 1.51. The number of nitrogens with one attached hydrogen (secondary N) is 3. The lowest BCUT2D eigenvalue weighted by Crippen LogP contribution is -2.39. The molecule has 1 aromatic heterocycles. The predicted octanol–water partition coefficient (Wildman–Crippen LogP) is -0.710. The molecule has 1 fully saturated rings. The quantitative estimate of drug-likeness (QED) is 0.627. The van der Waals surface area contributed by atoms with E-state index in [0.29, 0.717) is 11.7 Å². The van der Waals surface area contributed by atoms with Gasteiger partial charge in [0.15, 0.2) is 0 Å². The zero-order chi connectivity index (χ0) is 11.4. The van der Waals surface area contributed by atoms with Crippen molar-refractivity contribution in [1.82, 2.24) is 20.8 Å². The van der Waals surface area contributed by atoms with E-state index in [1.54, 1.807) is 6.07 Å². The van der Waals surface area contributed by atoms with Crippen LogP contribution in [-0.4, -0.2) is 35.6 Å². The van der Waals surface area contributed by atoms with E-state index < -0.39 is 0 Å².